The third-order valence-corrected chi connectivity index (χ3v) is 9.93. The number of rotatable bonds is 8. The molecule has 35 heavy (non-hydrogen) atoms. The van der Waals surface area contributed by atoms with Gasteiger partial charge in [0.25, 0.3) is 0 Å². The molecule has 5 fully saturated rings. The lowest BCUT2D eigenvalue weighted by Crippen LogP contribution is -2.70. The highest BCUT2D eigenvalue weighted by Gasteiger charge is 2.55. The Bertz CT molecular complexity index is 769. The number of hydrogen-bond donors (Lipinski definition) is 3. The van der Waals surface area contributed by atoms with Crippen LogP contribution in [-0.2, 0) is 19.1 Å². The molecule has 2 amide bonds. The van der Waals surface area contributed by atoms with Crippen LogP contribution in [0.1, 0.15) is 70.6 Å². The summed E-state index contributed by atoms with van der Waals surface area (Å²) in [5, 5.41) is 16.3. The first-order valence-corrected chi connectivity index (χ1v) is 14.0. The Balaban J connectivity index is 1.20. The number of carbonyl (C=O) groups is 2. The van der Waals surface area contributed by atoms with Crippen molar-refractivity contribution in [1.82, 2.24) is 10.6 Å². The normalized spacial score (nSPS) is 43.5. The van der Waals surface area contributed by atoms with E-state index in [4.69, 9.17) is 44.3 Å². The Kier molecular flexibility index (Phi) is 9.14. The number of halogens is 4. The molecule has 0 spiro atoms. The molecule has 7 atom stereocenters. The molecule has 5 saturated carbocycles. The summed E-state index contributed by atoms with van der Waals surface area (Å²) in [5.41, 5.74) is -1.22. The molecule has 0 aliphatic heterocycles. The van der Waals surface area contributed by atoms with E-state index in [0.717, 1.165) is 12.8 Å². The van der Waals surface area contributed by atoms with E-state index in [-0.39, 0.29) is 54.4 Å². The Labute approximate surface area is 221 Å². The van der Waals surface area contributed by atoms with E-state index < -0.39 is 28.7 Å². The summed E-state index contributed by atoms with van der Waals surface area (Å²) in [6, 6.07) is 0. The molecule has 5 aliphatic carbocycles. The fourth-order valence-electron chi connectivity index (χ4n) is 6.08. The number of amides is 2. The van der Waals surface area contributed by atoms with Gasteiger partial charge in [0.2, 0.25) is 11.8 Å². The van der Waals surface area contributed by atoms with Crippen LogP contribution in [0.3, 0.4) is 0 Å². The minimum Gasteiger partial charge on any atom is -0.391 e. The van der Waals surface area contributed by atoms with Crippen molar-refractivity contribution in [1.29, 1.82) is 0 Å². The SMILES string of the molecule is O=C(COC1CCC(Cl)C(Cl)C1)NC12CCC(NC(=O)COC3CCC(Cl)C(F)C3)(CC1)[C@@H](O)C2. The van der Waals surface area contributed by atoms with Gasteiger partial charge in [0.15, 0.2) is 0 Å². The first kappa shape index (κ1) is 27.6. The summed E-state index contributed by atoms with van der Waals surface area (Å²) in [6.45, 7) is -0.226. The van der Waals surface area contributed by atoms with Gasteiger partial charge in [-0.3, -0.25) is 9.59 Å². The van der Waals surface area contributed by atoms with E-state index >= 15 is 0 Å². The third-order valence-electron chi connectivity index (χ3n) is 8.30. The molecule has 0 aromatic rings. The molecule has 11 heteroatoms. The Morgan fingerprint density at radius 3 is 1.97 bits per heavy atom. The van der Waals surface area contributed by atoms with Crippen LogP contribution < -0.4 is 10.6 Å². The minimum atomic E-state index is -1.12. The Morgan fingerprint density at radius 2 is 1.40 bits per heavy atom. The van der Waals surface area contributed by atoms with Crippen molar-refractivity contribution in [2.24, 2.45) is 0 Å². The molecule has 3 N–H and O–H groups in total. The summed E-state index contributed by atoms with van der Waals surface area (Å²) >= 11 is 18.3. The number of alkyl halides is 4. The van der Waals surface area contributed by atoms with E-state index in [1.165, 1.54) is 0 Å². The number of aliphatic hydroxyl groups excluding tert-OH is 1. The van der Waals surface area contributed by atoms with Gasteiger partial charge in [-0.25, -0.2) is 4.39 Å². The van der Waals surface area contributed by atoms with Crippen molar-refractivity contribution >= 4 is 46.6 Å². The van der Waals surface area contributed by atoms with Gasteiger partial charge in [-0.1, -0.05) is 0 Å². The zero-order valence-electron chi connectivity index (χ0n) is 19.8. The third kappa shape index (κ3) is 6.74. The molecule has 0 heterocycles. The number of fused-ring (bicyclic) bond motifs is 3. The molecule has 0 saturated heterocycles. The zero-order valence-corrected chi connectivity index (χ0v) is 22.1. The number of carbonyl (C=O) groups excluding carboxylic acids is 2. The van der Waals surface area contributed by atoms with Crippen LogP contribution in [0, 0.1) is 0 Å². The number of hydrogen-bond acceptors (Lipinski definition) is 5. The Hall–Kier alpha value is -0.380. The zero-order chi connectivity index (χ0) is 25.2. The van der Waals surface area contributed by atoms with Gasteiger partial charge in [-0.2, -0.15) is 0 Å². The van der Waals surface area contributed by atoms with Crippen molar-refractivity contribution < 1.29 is 28.6 Å². The molecule has 5 aliphatic rings. The van der Waals surface area contributed by atoms with Gasteiger partial charge in [-0.15, -0.1) is 34.8 Å². The van der Waals surface area contributed by atoms with Crippen molar-refractivity contribution in [2.45, 2.75) is 122 Å². The van der Waals surface area contributed by atoms with E-state index in [2.05, 4.69) is 10.6 Å². The highest BCUT2D eigenvalue weighted by molar-refractivity contribution is 6.30. The Morgan fingerprint density at radius 1 is 0.829 bits per heavy atom. The monoisotopic (exact) mass is 556 g/mol. The molecule has 7 nitrogen and oxygen atoms in total. The van der Waals surface area contributed by atoms with Crippen LogP contribution in [-0.4, -0.2) is 81.8 Å². The minimum absolute atomic E-state index is 0.0519. The largest absolute Gasteiger partial charge is 0.391 e. The lowest BCUT2D eigenvalue weighted by Gasteiger charge is -2.56. The molecule has 6 unspecified atom stereocenters. The second-order valence-electron chi connectivity index (χ2n) is 10.8. The number of nitrogens with one attached hydrogen (secondary N) is 2. The van der Waals surface area contributed by atoms with E-state index in [1.807, 2.05) is 0 Å². The maximum absolute atomic E-state index is 13.8. The van der Waals surface area contributed by atoms with Gasteiger partial charge in [0.1, 0.15) is 19.4 Å². The standard InChI is InChI=1S/C24H36Cl3FN2O5/c25-16-3-1-14(9-18(16)27)34-12-21(32)29-23-5-7-24(8-6-23,20(31)11-23)30-22(33)13-35-15-2-4-17(26)19(28)10-15/h14-20,31H,1-13H2,(H,29,32)(H,30,33)/t14?,15?,16?,17?,18?,19?,20-,23?,24?/m0/s1. The summed E-state index contributed by atoms with van der Waals surface area (Å²) in [6.07, 6.45) is 3.99. The van der Waals surface area contributed by atoms with E-state index in [0.29, 0.717) is 51.4 Å². The molecule has 2 bridgehead atoms. The second-order valence-corrected chi connectivity index (χ2v) is 12.5. The average Bonchev–Trinajstić information content (AvgIpc) is 2.82. The molecule has 0 radical (unpaired) electrons. The molecule has 200 valence electrons. The molecule has 5 rings (SSSR count). The molecular formula is C24H36Cl3FN2O5. The quantitative estimate of drug-likeness (QED) is 0.398. The van der Waals surface area contributed by atoms with Gasteiger partial charge >= 0.3 is 0 Å². The maximum atomic E-state index is 13.8. The van der Waals surface area contributed by atoms with Crippen molar-refractivity contribution in [3.8, 4) is 0 Å². The van der Waals surface area contributed by atoms with Gasteiger partial charge in [-0.05, 0) is 64.2 Å². The predicted molar refractivity (Wildman–Crippen MR) is 132 cm³/mol. The lowest BCUT2D eigenvalue weighted by atomic mass is 9.60. The lowest BCUT2D eigenvalue weighted by molar-refractivity contribution is -0.142. The first-order chi connectivity index (χ1) is 16.6. The maximum Gasteiger partial charge on any atom is 0.246 e. The van der Waals surface area contributed by atoms with Gasteiger partial charge in [0.05, 0.1) is 40.0 Å². The number of ether oxygens (including phenoxy) is 2. The summed E-state index contributed by atoms with van der Waals surface area (Å²) in [4.78, 5) is 25.2. The second kappa shape index (κ2) is 11.6. The van der Waals surface area contributed by atoms with Crippen LogP contribution in [0.25, 0.3) is 0 Å². The fourth-order valence-corrected chi connectivity index (χ4v) is 6.86. The number of aliphatic hydroxyl groups is 1. The van der Waals surface area contributed by atoms with Crippen molar-refractivity contribution in [3.63, 3.8) is 0 Å². The van der Waals surface area contributed by atoms with Crippen LogP contribution in [0.4, 0.5) is 4.39 Å². The van der Waals surface area contributed by atoms with Crippen LogP contribution in [0.15, 0.2) is 0 Å². The topological polar surface area (TPSA) is 96.9 Å². The summed E-state index contributed by atoms with van der Waals surface area (Å²) in [7, 11) is 0. The van der Waals surface area contributed by atoms with Crippen LogP contribution in [0.5, 0.6) is 0 Å². The summed E-state index contributed by atoms with van der Waals surface area (Å²) < 4.78 is 25.2. The van der Waals surface area contributed by atoms with Crippen molar-refractivity contribution in [2.75, 3.05) is 13.2 Å². The molecule has 0 aromatic carbocycles. The van der Waals surface area contributed by atoms with Crippen molar-refractivity contribution in [3.05, 3.63) is 0 Å². The van der Waals surface area contributed by atoms with E-state index in [9.17, 15) is 19.1 Å². The first-order valence-electron chi connectivity index (χ1n) is 12.7. The van der Waals surface area contributed by atoms with Gasteiger partial charge in [0, 0.05) is 12.0 Å². The molecular weight excluding hydrogens is 522 g/mol. The highest BCUT2D eigenvalue weighted by Crippen LogP contribution is 2.47. The smallest absolute Gasteiger partial charge is 0.246 e. The molecule has 0 aromatic heterocycles. The van der Waals surface area contributed by atoms with Crippen LogP contribution >= 0.6 is 34.8 Å². The van der Waals surface area contributed by atoms with E-state index in [1.54, 1.807) is 0 Å². The highest BCUT2D eigenvalue weighted by atomic mass is 35.5. The summed E-state index contributed by atoms with van der Waals surface area (Å²) in [5.74, 6) is -0.524. The van der Waals surface area contributed by atoms with Gasteiger partial charge < -0.3 is 25.2 Å². The predicted octanol–water partition coefficient (Wildman–Crippen LogP) is 3.33. The fraction of sp³-hybridized carbons (Fsp3) is 0.917. The van der Waals surface area contributed by atoms with Crippen LogP contribution in [0.2, 0.25) is 0 Å². The average molecular weight is 558 g/mol.